The Balaban J connectivity index is 1.45. The molecule has 0 radical (unpaired) electrons. The van der Waals surface area contributed by atoms with E-state index in [0.29, 0.717) is 5.56 Å². The van der Waals surface area contributed by atoms with E-state index in [1.54, 1.807) is 18.3 Å². The van der Waals surface area contributed by atoms with Crippen molar-refractivity contribution in [1.82, 2.24) is 19.5 Å². The van der Waals surface area contributed by atoms with Gasteiger partial charge in [0.1, 0.15) is 12.3 Å². The van der Waals surface area contributed by atoms with Crippen molar-refractivity contribution in [2.24, 2.45) is 0 Å². The largest absolute Gasteiger partial charge is 0.394 e. The summed E-state index contributed by atoms with van der Waals surface area (Å²) in [7, 11) is 0. The summed E-state index contributed by atoms with van der Waals surface area (Å²) in [5.74, 6) is 0. The molecule has 0 aliphatic carbocycles. The minimum Gasteiger partial charge on any atom is -0.394 e. The number of benzene rings is 1. The third-order valence-electron chi connectivity index (χ3n) is 5.83. The van der Waals surface area contributed by atoms with E-state index in [2.05, 4.69) is 9.97 Å². The Morgan fingerprint density at radius 1 is 0.971 bits per heavy atom. The highest BCUT2D eigenvalue weighted by Crippen LogP contribution is 2.29. The summed E-state index contributed by atoms with van der Waals surface area (Å²) in [4.78, 5) is 36.3. The number of aromatic nitrogens is 4. The van der Waals surface area contributed by atoms with E-state index in [9.17, 15) is 19.8 Å². The van der Waals surface area contributed by atoms with Gasteiger partial charge in [0, 0.05) is 24.4 Å². The van der Waals surface area contributed by atoms with Crippen LogP contribution in [0.3, 0.4) is 0 Å². The van der Waals surface area contributed by atoms with Gasteiger partial charge in [-0.2, -0.15) is 0 Å². The summed E-state index contributed by atoms with van der Waals surface area (Å²) < 4.78 is 6.81. The summed E-state index contributed by atoms with van der Waals surface area (Å²) in [5.41, 5.74) is 2.88. The lowest BCUT2D eigenvalue weighted by Gasteiger charge is -2.15. The SMILES string of the molecule is O=c1[nH]c(=O)n([C@H]2C[C@H](O)[C@@H](CO)O2)cc1-c1ccc(-c2cccc(-c3ccccn3)n2)cc1. The molecule has 3 aromatic heterocycles. The van der Waals surface area contributed by atoms with Crippen molar-refractivity contribution in [2.75, 3.05) is 6.61 Å². The van der Waals surface area contributed by atoms with Gasteiger partial charge in [0.25, 0.3) is 5.56 Å². The van der Waals surface area contributed by atoms with Crippen LogP contribution < -0.4 is 11.2 Å². The fraction of sp³-hybridized carbons (Fsp3) is 0.200. The van der Waals surface area contributed by atoms with Crippen LogP contribution in [0, 0.1) is 0 Å². The molecule has 9 nitrogen and oxygen atoms in total. The van der Waals surface area contributed by atoms with Gasteiger partial charge in [-0.1, -0.05) is 36.4 Å². The monoisotopic (exact) mass is 458 g/mol. The number of hydrogen-bond donors (Lipinski definition) is 3. The van der Waals surface area contributed by atoms with E-state index in [1.165, 1.54) is 10.8 Å². The van der Waals surface area contributed by atoms with Gasteiger partial charge in [-0.15, -0.1) is 0 Å². The number of H-pyrrole nitrogens is 1. The number of aromatic amines is 1. The van der Waals surface area contributed by atoms with Gasteiger partial charge in [0.2, 0.25) is 0 Å². The molecule has 0 spiro atoms. The lowest BCUT2D eigenvalue weighted by Crippen LogP contribution is -2.33. The van der Waals surface area contributed by atoms with Crippen molar-refractivity contribution in [3.05, 3.63) is 93.9 Å². The smallest absolute Gasteiger partial charge is 0.330 e. The predicted octanol–water partition coefficient (Wildman–Crippen LogP) is 1.97. The quantitative estimate of drug-likeness (QED) is 0.417. The Kier molecular flexibility index (Phi) is 5.89. The summed E-state index contributed by atoms with van der Waals surface area (Å²) in [6, 6.07) is 18.6. The Morgan fingerprint density at radius 2 is 1.71 bits per heavy atom. The summed E-state index contributed by atoms with van der Waals surface area (Å²) in [5, 5.41) is 19.3. The van der Waals surface area contributed by atoms with E-state index in [-0.39, 0.29) is 18.6 Å². The molecule has 3 N–H and O–H groups in total. The summed E-state index contributed by atoms with van der Waals surface area (Å²) in [6.07, 6.45) is 0.817. The zero-order valence-electron chi connectivity index (χ0n) is 18.0. The zero-order chi connectivity index (χ0) is 23.7. The highest BCUT2D eigenvalue weighted by molar-refractivity contribution is 5.69. The number of hydrogen-bond acceptors (Lipinski definition) is 7. The molecule has 9 heteroatoms. The molecule has 1 aliphatic rings. The molecule has 0 bridgehead atoms. The molecule has 4 heterocycles. The van der Waals surface area contributed by atoms with Crippen molar-refractivity contribution in [3.8, 4) is 33.8 Å². The van der Waals surface area contributed by atoms with Gasteiger partial charge in [-0.25, -0.2) is 9.78 Å². The Labute approximate surface area is 194 Å². The summed E-state index contributed by atoms with van der Waals surface area (Å²) >= 11 is 0. The third-order valence-corrected chi connectivity index (χ3v) is 5.83. The first-order valence-corrected chi connectivity index (χ1v) is 10.8. The third kappa shape index (κ3) is 4.19. The molecule has 0 unspecified atom stereocenters. The molecule has 172 valence electrons. The Bertz CT molecular complexity index is 1420. The molecular formula is C25H22N4O5. The Hall–Kier alpha value is -3.92. The minimum absolute atomic E-state index is 0.133. The van der Waals surface area contributed by atoms with Gasteiger partial charge >= 0.3 is 5.69 Å². The van der Waals surface area contributed by atoms with E-state index >= 15 is 0 Å². The second-order valence-corrected chi connectivity index (χ2v) is 8.02. The van der Waals surface area contributed by atoms with Crippen LogP contribution in [0.5, 0.6) is 0 Å². The fourth-order valence-electron chi connectivity index (χ4n) is 4.03. The first-order chi connectivity index (χ1) is 16.5. The molecule has 0 amide bonds. The van der Waals surface area contributed by atoms with Crippen molar-refractivity contribution in [3.63, 3.8) is 0 Å². The number of pyridine rings is 2. The average Bonchev–Trinajstić information content (AvgIpc) is 3.25. The van der Waals surface area contributed by atoms with Crippen LogP contribution in [0.4, 0.5) is 0 Å². The maximum atomic E-state index is 12.5. The molecule has 1 saturated heterocycles. The molecule has 34 heavy (non-hydrogen) atoms. The molecule has 1 fully saturated rings. The summed E-state index contributed by atoms with van der Waals surface area (Å²) in [6.45, 7) is -0.361. The second kappa shape index (κ2) is 9.14. The standard InChI is InChI=1S/C25H22N4O5/c30-14-22-21(31)12-23(34-22)29-13-17(24(32)28-25(29)33)15-7-9-16(10-8-15)18-5-3-6-20(27-18)19-4-1-2-11-26-19/h1-11,13,21-23,30-31H,12,14H2,(H,28,32,33)/t21-,22+,23+/m0/s1. The maximum Gasteiger partial charge on any atom is 0.330 e. The van der Waals surface area contributed by atoms with Gasteiger partial charge in [-0.05, 0) is 29.8 Å². The normalized spacial score (nSPS) is 19.9. The average molecular weight is 458 g/mol. The maximum absolute atomic E-state index is 12.5. The lowest BCUT2D eigenvalue weighted by atomic mass is 10.0. The fourth-order valence-corrected chi connectivity index (χ4v) is 4.03. The van der Waals surface area contributed by atoms with E-state index in [1.807, 2.05) is 48.5 Å². The molecule has 1 aromatic carbocycles. The highest BCUT2D eigenvalue weighted by Gasteiger charge is 2.35. The van der Waals surface area contributed by atoms with Gasteiger partial charge in [-0.3, -0.25) is 19.3 Å². The molecule has 5 rings (SSSR count). The molecule has 3 atom stereocenters. The van der Waals surface area contributed by atoms with Crippen molar-refractivity contribution in [1.29, 1.82) is 0 Å². The van der Waals surface area contributed by atoms with Crippen molar-refractivity contribution in [2.45, 2.75) is 24.9 Å². The van der Waals surface area contributed by atoms with Crippen LogP contribution >= 0.6 is 0 Å². The van der Waals surface area contributed by atoms with Gasteiger partial charge < -0.3 is 14.9 Å². The van der Waals surface area contributed by atoms with Crippen LogP contribution in [-0.4, -0.2) is 48.5 Å². The number of aliphatic hydroxyl groups is 2. The predicted molar refractivity (Wildman–Crippen MR) is 125 cm³/mol. The van der Waals surface area contributed by atoms with Gasteiger partial charge in [0.15, 0.2) is 0 Å². The first-order valence-electron chi connectivity index (χ1n) is 10.8. The molecule has 1 aliphatic heterocycles. The zero-order valence-corrected chi connectivity index (χ0v) is 18.0. The van der Waals surface area contributed by atoms with Crippen LogP contribution in [-0.2, 0) is 4.74 Å². The number of nitrogens with one attached hydrogen (secondary N) is 1. The minimum atomic E-state index is -0.897. The first kappa shape index (κ1) is 21.9. The lowest BCUT2D eigenvalue weighted by molar-refractivity contribution is -0.0458. The number of aliphatic hydroxyl groups excluding tert-OH is 2. The Morgan fingerprint density at radius 3 is 2.41 bits per heavy atom. The molecular weight excluding hydrogens is 436 g/mol. The topological polar surface area (TPSA) is 130 Å². The van der Waals surface area contributed by atoms with E-state index in [4.69, 9.17) is 9.72 Å². The van der Waals surface area contributed by atoms with Crippen LogP contribution in [0.25, 0.3) is 33.8 Å². The van der Waals surface area contributed by atoms with Crippen LogP contribution in [0.15, 0.2) is 82.6 Å². The molecule has 4 aromatic rings. The molecule has 0 saturated carbocycles. The van der Waals surface area contributed by atoms with E-state index in [0.717, 1.165) is 22.6 Å². The van der Waals surface area contributed by atoms with Crippen molar-refractivity contribution < 1.29 is 14.9 Å². The number of rotatable bonds is 5. The van der Waals surface area contributed by atoms with Gasteiger partial charge in [0.05, 0.1) is 35.4 Å². The van der Waals surface area contributed by atoms with E-state index < -0.39 is 29.7 Å². The highest BCUT2D eigenvalue weighted by atomic mass is 16.5. The number of ether oxygens (including phenoxy) is 1. The van der Waals surface area contributed by atoms with Crippen molar-refractivity contribution >= 4 is 0 Å². The second-order valence-electron chi connectivity index (χ2n) is 8.02. The number of nitrogens with zero attached hydrogens (tertiary/aromatic N) is 3. The van der Waals surface area contributed by atoms with Crippen LogP contribution in [0.2, 0.25) is 0 Å². The van der Waals surface area contributed by atoms with Crippen LogP contribution in [0.1, 0.15) is 12.6 Å².